The standard InChI is InChI=1S/C26H28ClF2N5O3/c1-15(2)34-19(14-23(35)33(3)4)12-16-11-17(13-21(24(16)34)22-9-10-30-32-22)25(36)31-18-5-7-20(8-6-18)37-26(27,28)29/h5-11,13,15,19H,12,14H2,1-4H3,(H,30,32)(H,31,36). The highest BCUT2D eigenvalue weighted by molar-refractivity contribution is 6.20. The van der Waals surface area contributed by atoms with Crippen molar-refractivity contribution in [1.29, 1.82) is 0 Å². The molecule has 3 aromatic rings. The van der Waals surface area contributed by atoms with E-state index in [4.69, 9.17) is 11.6 Å². The highest BCUT2D eigenvalue weighted by Gasteiger charge is 2.36. The van der Waals surface area contributed by atoms with E-state index in [1.165, 1.54) is 24.3 Å². The summed E-state index contributed by atoms with van der Waals surface area (Å²) in [5.41, 5.74) is 0.473. The molecule has 1 atom stereocenters. The lowest BCUT2D eigenvalue weighted by Gasteiger charge is -2.33. The van der Waals surface area contributed by atoms with Gasteiger partial charge in [0.05, 0.1) is 5.69 Å². The van der Waals surface area contributed by atoms with Crippen LogP contribution in [0.15, 0.2) is 48.7 Å². The number of rotatable bonds is 8. The van der Waals surface area contributed by atoms with Gasteiger partial charge < -0.3 is 19.9 Å². The maximum Gasteiger partial charge on any atom is 0.487 e. The summed E-state index contributed by atoms with van der Waals surface area (Å²) in [6, 6.07) is 11.0. The Morgan fingerprint density at radius 3 is 2.51 bits per heavy atom. The van der Waals surface area contributed by atoms with Crippen molar-refractivity contribution in [2.45, 2.75) is 44.3 Å². The molecule has 0 bridgehead atoms. The minimum atomic E-state index is -3.82. The molecule has 2 aromatic carbocycles. The van der Waals surface area contributed by atoms with Crippen LogP contribution in [0.4, 0.5) is 20.2 Å². The first-order valence-electron chi connectivity index (χ1n) is 11.7. The molecule has 196 valence electrons. The third-order valence-electron chi connectivity index (χ3n) is 6.16. The number of carbonyl (C=O) groups is 2. The summed E-state index contributed by atoms with van der Waals surface area (Å²) >= 11 is 4.80. The first-order chi connectivity index (χ1) is 17.4. The fraction of sp³-hybridized carbons (Fsp3) is 0.346. The normalized spacial score (nSPS) is 15.0. The molecule has 4 rings (SSSR count). The van der Waals surface area contributed by atoms with Gasteiger partial charge in [-0.3, -0.25) is 14.7 Å². The number of hydrogen-bond donors (Lipinski definition) is 2. The molecule has 0 fully saturated rings. The van der Waals surface area contributed by atoms with E-state index >= 15 is 0 Å². The summed E-state index contributed by atoms with van der Waals surface area (Å²) in [5.74, 6) is -0.475. The molecule has 0 radical (unpaired) electrons. The van der Waals surface area contributed by atoms with Gasteiger partial charge in [-0.1, -0.05) is 0 Å². The molecule has 2 N–H and O–H groups in total. The molecule has 0 aliphatic carbocycles. The summed E-state index contributed by atoms with van der Waals surface area (Å²) in [7, 11) is 3.48. The summed E-state index contributed by atoms with van der Waals surface area (Å²) in [6.45, 7) is 4.15. The molecule has 1 aliphatic rings. The number of halogens is 3. The number of aromatic nitrogens is 2. The second-order valence-corrected chi connectivity index (χ2v) is 9.82. The van der Waals surface area contributed by atoms with Crippen LogP contribution >= 0.6 is 11.6 Å². The molecule has 11 heteroatoms. The van der Waals surface area contributed by atoms with E-state index in [9.17, 15) is 18.4 Å². The van der Waals surface area contributed by atoms with E-state index in [2.05, 4.69) is 39.0 Å². The fourth-order valence-corrected chi connectivity index (χ4v) is 4.70. The molecule has 1 unspecified atom stereocenters. The highest BCUT2D eigenvalue weighted by atomic mass is 35.5. The van der Waals surface area contributed by atoms with Gasteiger partial charge in [-0.2, -0.15) is 5.10 Å². The van der Waals surface area contributed by atoms with Crippen molar-refractivity contribution in [2.24, 2.45) is 0 Å². The molecule has 1 aliphatic heterocycles. The summed E-state index contributed by atoms with van der Waals surface area (Å²) in [5, 5.41) is 9.86. The van der Waals surface area contributed by atoms with Crippen LogP contribution in [0.3, 0.4) is 0 Å². The third-order valence-corrected chi connectivity index (χ3v) is 6.24. The van der Waals surface area contributed by atoms with E-state index in [-0.39, 0.29) is 29.6 Å². The van der Waals surface area contributed by atoms with E-state index in [0.717, 1.165) is 22.5 Å². The van der Waals surface area contributed by atoms with Crippen LogP contribution in [0.5, 0.6) is 5.75 Å². The first kappa shape index (κ1) is 26.4. The smallest absolute Gasteiger partial charge is 0.420 e. The third kappa shape index (κ3) is 6.02. The zero-order valence-corrected chi connectivity index (χ0v) is 21.6. The van der Waals surface area contributed by atoms with E-state index < -0.39 is 5.57 Å². The monoisotopic (exact) mass is 531 g/mol. The first-order valence-corrected chi connectivity index (χ1v) is 12.1. The largest absolute Gasteiger partial charge is 0.487 e. The van der Waals surface area contributed by atoms with Crippen molar-refractivity contribution in [3.63, 3.8) is 0 Å². The topological polar surface area (TPSA) is 90.6 Å². The van der Waals surface area contributed by atoms with Crippen molar-refractivity contribution < 1.29 is 23.1 Å². The number of anilines is 2. The average molecular weight is 532 g/mol. The molecular weight excluding hydrogens is 504 g/mol. The second kappa shape index (κ2) is 10.4. The van der Waals surface area contributed by atoms with Crippen molar-refractivity contribution in [3.8, 4) is 17.0 Å². The number of amides is 2. The van der Waals surface area contributed by atoms with Gasteiger partial charge >= 0.3 is 5.57 Å². The van der Waals surface area contributed by atoms with Crippen molar-refractivity contribution in [1.82, 2.24) is 15.1 Å². The number of aromatic amines is 1. The minimum Gasteiger partial charge on any atom is -0.420 e. The zero-order chi connectivity index (χ0) is 26.9. The number of alkyl halides is 3. The zero-order valence-electron chi connectivity index (χ0n) is 20.9. The number of carbonyl (C=O) groups excluding carboxylic acids is 2. The maximum absolute atomic E-state index is 13.2. The van der Waals surface area contributed by atoms with Crippen LogP contribution in [0.25, 0.3) is 11.3 Å². The van der Waals surface area contributed by atoms with Gasteiger partial charge in [0.1, 0.15) is 5.75 Å². The fourth-order valence-electron chi connectivity index (χ4n) is 4.61. The van der Waals surface area contributed by atoms with Crippen LogP contribution in [0.2, 0.25) is 0 Å². The van der Waals surface area contributed by atoms with Gasteiger partial charge in [0.25, 0.3) is 5.91 Å². The molecule has 2 heterocycles. The average Bonchev–Trinajstić information content (AvgIpc) is 3.46. The number of ether oxygens (including phenoxy) is 1. The number of nitrogens with one attached hydrogen (secondary N) is 2. The van der Waals surface area contributed by atoms with Crippen LogP contribution in [0.1, 0.15) is 36.2 Å². The van der Waals surface area contributed by atoms with Gasteiger partial charge in [0.2, 0.25) is 5.91 Å². The lowest BCUT2D eigenvalue weighted by molar-refractivity contribution is -0.129. The van der Waals surface area contributed by atoms with Crippen LogP contribution in [0, 0.1) is 0 Å². The van der Waals surface area contributed by atoms with Crippen LogP contribution in [-0.4, -0.2) is 58.7 Å². The van der Waals surface area contributed by atoms with Crippen molar-refractivity contribution in [2.75, 3.05) is 24.3 Å². The number of nitrogens with zero attached hydrogens (tertiary/aromatic N) is 3. The van der Waals surface area contributed by atoms with Gasteiger partial charge in [-0.25, -0.2) is 0 Å². The SMILES string of the molecule is CC(C)N1c2c(cc(C(=O)Nc3ccc(OC(F)(F)Cl)cc3)cc2-c2ccn[nH]2)CC1CC(=O)N(C)C. The van der Waals surface area contributed by atoms with Gasteiger partial charge in [0.15, 0.2) is 0 Å². The molecule has 0 saturated heterocycles. The summed E-state index contributed by atoms with van der Waals surface area (Å²) in [4.78, 5) is 29.6. The molecule has 1 aromatic heterocycles. The Labute approximate surface area is 218 Å². The van der Waals surface area contributed by atoms with E-state index in [0.29, 0.717) is 24.1 Å². The van der Waals surface area contributed by atoms with Gasteiger partial charge in [-0.05, 0) is 68.3 Å². The molecule has 2 amide bonds. The highest BCUT2D eigenvalue weighted by Crippen LogP contribution is 2.43. The number of hydrogen-bond acceptors (Lipinski definition) is 5. The summed E-state index contributed by atoms with van der Waals surface area (Å²) in [6.07, 6.45) is 2.60. The Bertz CT molecular complexity index is 1270. The molecular formula is C26H28ClF2N5O3. The van der Waals surface area contributed by atoms with E-state index in [1.54, 1.807) is 31.3 Å². The molecule has 0 spiro atoms. The minimum absolute atomic E-state index is 0.0314. The van der Waals surface area contributed by atoms with Crippen LogP contribution < -0.4 is 15.0 Å². The number of benzene rings is 2. The predicted molar refractivity (Wildman–Crippen MR) is 138 cm³/mol. The Kier molecular flexibility index (Phi) is 7.40. The predicted octanol–water partition coefficient (Wildman–Crippen LogP) is 5.11. The van der Waals surface area contributed by atoms with Gasteiger partial charge in [-0.15, -0.1) is 8.78 Å². The Morgan fingerprint density at radius 2 is 1.95 bits per heavy atom. The van der Waals surface area contributed by atoms with Gasteiger partial charge in [0, 0.05) is 72.9 Å². The second-order valence-electron chi connectivity index (χ2n) is 9.38. The quantitative estimate of drug-likeness (QED) is 0.394. The maximum atomic E-state index is 13.2. The lowest BCUT2D eigenvalue weighted by Crippen LogP contribution is -2.41. The van der Waals surface area contributed by atoms with Crippen molar-refractivity contribution >= 4 is 34.8 Å². The Hall–Kier alpha value is -3.66. The summed E-state index contributed by atoms with van der Waals surface area (Å²) < 4.78 is 30.0. The lowest BCUT2D eigenvalue weighted by atomic mass is 9.99. The number of fused-ring (bicyclic) bond motifs is 1. The van der Waals surface area contributed by atoms with Crippen LogP contribution in [-0.2, 0) is 11.2 Å². The van der Waals surface area contributed by atoms with E-state index in [1.807, 2.05) is 12.1 Å². The Morgan fingerprint density at radius 1 is 1.24 bits per heavy atom. The molecule has 37 heavy (non-hydrogen) atoms. The van der Waals surface area contributed by atoms with Crippen molar-refractivity contribution in [3.05, 3.63) is 59.8 Å². The Balaban J connectivity index is 1.66. The number of H-pyrrole nitrogens is 1. The molecule has 0 saturated carbocycles. The molecule has 8 nitrogen and oxygen atoms in total.